The lowest BCUT2D eigenvalue weighted by Crippen LogP contribution is -2.04. The molecule has 0 saturated heterocycles. The number of rotatable bonds is 6. The van der Waals surface area contributed by atoms with Crippen molar-refractivity contribution >= 4 is 32.3 Å². The Balaban J connectivity index is 1.58. The molecule has 39 heavy (non-hydrogen) atoms. The molecule has 5 aromatic carbocycles. The second-order valence-electron chi connectivity index (χ2n) is 9.40. The summed E-state index contributed by atoms with van der Waals surface area (Å²) >= 11 is 0. The number of phenolic OH excluding ortho intramolecular Hbond substituents is 2. The summed E-state index contributed by atoms with van der Waals surface area (Å²) in [5.41, 5.74) is 4.79. The summed E-state index contributed by atoms with van der Waals surface area (Å²) < 4.78 is 34.0. The fourth-order valence-electron chi connectivity index (χ4n) is 4.74. The monoisotopic (exact) mass is 538 g/mol. The number of hydrogen-bond donors (Lipinski definition) is 3. The number of azo groups is 1. The van der Waals surface area contributed by atoms with E-state index in [2.05, 4.69) is 22.4 Å². The lowest BCUT2D eigenvalue weighted by molar-refractivity contribution is 0.470. The minimum Gasteiger partial charge on any atom is -0.508 e. The number of fused-ring (bicyclic) bond motifs is 1. The maximum atomic E-state index is 12.1. The van der Waals surface area contributed by atoms with Gasteiger partial charge in [0, 0.05) is 11.3 Å². The van der Waals surface area contributed by atoms with Crippen molar-refractivity contribution in [2.75, 3.05) is 0 Å². The summed E-state index contributed by atoms with van der Waals surface area (Å²) in [6.45, 7) is 3.73. The molecule has 0 bridgehead atoms. The van der Waals surface area contributed by atoms with Gasteiger partial charge in [-0.25, -0.2) is 0 Å². The summed E-state index contributed by atoms with van der Waals surface area (Å²) in [4.78, 5) is -0.524. The van der Waals surface area contributed by atoms with Crippen molar-refractivity contribution in [1.29, 1.82) is 0 Å². The molecule has 0 aliphatic carbocycles. The molecule has 5 rings (SSSR count). The molecular formula is C31H26N2O5S. The number of nitrogens with zero attached hydrogens (tertiary/aromatic N) is 2. The summed E-state index contributed by atoms with van der Waals surface area (Å²) in [6, 6.07) is 29.2. The molecule has 0 aliphatic rings. The van der Waals surface area contributed by atoms with Gasteiger partial charge in [0.05, 0.1) is 5.69 Å². The second kappa shape index (κ2) is 10.3. The zero-order valence-corrected chi connectivity index (χ0v) is 22.1. The van der Waals surface area contributed by atoms with Crippen LogP contribution in [-0.4, -0.2) is 23.2 Å². The summed E-state index contributed by atoms with van der Waals surface area (Å²) in [7, 11) is -4.68. The van der Waals surface area contributed by atoms with Gasteiger partial charge >= 0.3 is 0 Å². The lowest BCUT2D eigenvalue weighted by atomic mass is 9.84. The molecule has 0 saturated carbocycles. The lowest BCUT2D eigenvalue weighted by Gasteiger charge is -2.20. The number of benzene rings is 5. The first-order valence-electron chi connectivity index (χ1n) is 12.2. The number of aromatic hydroxyl groups is 2. The fraction of sp³-hybridized carbons (Fsp3) is 0.0968. The van der Waals surface area contributed by atoms with Crippen LogP contribution in [0.2, 0.25) is 0 Å². The molecule has 7 nitrogen and oxygen atoms in total. The highest BCUT2D eigenvalue weighted by atomic mass is 32.2. The van der Waals surface area contributed by atoms with E-state index in [4.69, 9.17) is 0 Å². The largest absolute Gasteiger partial charge is 0.508 e. The maximum absolute atomic E-state index is 12.1. The van der Waals surface area contributed by atoms with Crippen molar-refractivity contribution < 1.29 is 23.2 Å². The smallest absolute Gasteiger partial charge is 0.296 e. The topological polar surface area (TPSA) is 120 Å². The molecular weight excluding hydrogens is 512 g/mol. The van der Waals surface area contributed by atoms with E-state index in [1.165, 1.54) is 6.07 Å². The van der Waals surface area contributed by atoms with Gasteiger partial charge in [-0.15, -0.1) is 5.11 Å². The number of hydrogen-bond acceptors (Lipinski definition) is 6. The predicted octanol–water partition coefficient (Wildman–Crippen LogP) is 7.71. The van der Waals surface area contributed by atoms with E-state index >= 15 is 0 Å². The Kier molecular flexibility index (Phi) is 6.91. The molecule has 0 aliphatic heterocycles. The maximum Gasteiger partial charge on any atom is 0.296 e. The first-order valence-corrected chi connectivity index (χ1v) is 13.7. The van der Waals surface area contributed by atoms with Crippen molar-refractivity contribution in [2.45, 2.75) is 24.7 Å². The standard InChI is InChI=1S/C31H26N2O5S/c1-19-16-23(29(21-8-4-3-5-9-21)24-13-15-27(34)20(2)17-24)12-14-26(19)32-33-30-28(39(36,37)38)18-22-10-6-7-11-25(22)31(30)35/h3-18,29,34-35H,1-2H3,(H,36,37,38). The highest BCUT2D eigenvalue weighted by molar-refractivity contribution is 7.86. The summed E-state index contributed by atoms with van der Waals surface area (Å²) in [6.07, 6.45) is 0. The Labute approximate surface area is 226 Å². The van der Waals surface area contributed by atoms with Gasteiger partial charge in [-0.05, 0) is 65.3 Å². The van der Waals surface area contributed by atoms with Gasteiger partial charge in [0.2, 0.25) is 0 Å². The average molecular weight is 539 g/mol. The quantitative estimate of drug-likeness (QED) is 0.116. The SMILES string of the molecule is Cc1cc(C(c2ccccc2)c2ccc(N=Nc3c(S(=O)(=O)O)cc4ccccc4c3O)c(C)c2)ccc1O. The third-order valence-electron chi connectivity index (χ3n) is 6.74. The molecule has 8 heteroatoms. The van der Waals surface area contributed by atoms with E-state index < -0.39 is 15.0 Å². The molecule has 5 aromatic rings. The van der Waals surface area contributed by atoms with Crippen LogP contribution in [0, 0.1) is 13.8 Å². The number of phenols is 2. The normalized spacial score (nSPS) is 12.7. The molecule has 1 atom stereocenters. The van der Waals surface area contributed by atoms with Crippen LogP contribution in [0.3, 0.4) is 0 Å². The Morgan fingerprint density at radius 2 is 1.33 bits per heavy atom. The van der Waals surface area contributed by atoms with E-state index in [0.717, 1.165) is 27.8 Å². The van der Waals surface area contributed by atoms with Crippen LogP contribution in [0.5, 0.6) is 11.5 Å². The molecule has 0 spiro atoms. The minimum atomic E-state index is -4.68. The van der Waals surface area contributed by atoms with Gasteiger partial charge < -0.3 is 10.2 Å². The van der Waals surface area contributed by atoms with Crippen LogP contribution in [0.1, 0.15) is 33.7 Å². The Bertz CT molecular complexity index is 1830. The van der Waals surface area contributed by atoms with Gasteiger partial charge in [-0.2, -0.15) is 13.5 Å². The van der Waals surface area contributed by atoms with Crippen molar-refractivity contribution in [1.82, 2.24) is 0 Å². The first-order chi connectivity index (χ1) is 18.6. The molecule has 0 heterocycles. The molecule has 0 fully saturated rings. The van der Waals surface area contributed by atoms with Gasteiger partial charge in [0.15, 0.2) is 5.75 Å². The second-order valence-corrected chi connectivity index (χ2v) is 10.8. The Morgan fingerprint density at radius 3 is 2.00 bits per heavy atom. The van der Waals surface area contributed by atoms with Crippen LogP contribution in [0.15, 0.2) is 112 Å². The van der Waals surface area contributed by atoms with Crippen LogP contribution < -0.4 is 0 Å². The van der Waals surface area contributed by atoms with Gasteiger partial charge in [-0.3, -0.25) is 4.55 Å². The van der Waals surface area contributed by atoms with Crippen LogP contribution in [0.4, 0.5) is 11.4 Å². The van der Waals surface area contributed by atoms with Gasteiger partial charge in [-0.1, -0.05) is 78.9 Å². The van der Waals surface area contributed by atoms with E-state index in [1.807, 2.05) is 56.3 Å². The van der Waals surface area contributed by atoms with E-state index in [0.29, 0.717) is 16.5 Å². The molecule has 0 radical (unpaired) electrons. The van der Waals surface area contributed by atoms with Gasteiger partial charge in [0.25, 0.3) is 10.1 Å². The van der Waals surface area contributed by atoms with Crippen molar-refractivity contribution in [2.24, 2.45) is 10.2 Å². The summed E-state index contributed by atoms with van der Waals surface area (Å²) in [5, 5.41) is 30.0. The zero-order valence-electron chi connectivity index (χ0n) is 21.3. The molecule has 1 unspecified atom stereocenters. The first kappa shape index (κ1) is 26.1. The summed E-state index contributed by atoms with van der Waals surface area (Å²) in [5.74, 6) is -0.254. The Morgan fingerprint density at radius 1 is 0.692 bits per heavy atom. The van der Waals surface area contributed by atoms with Crippen LogP contribution in [-0.2, 0) is 10.1 Å². The average Bonchev–Trinajstić information content (AvgIpc) is 2.91. The van der Waals surface area contributed by atoms with Crippen LogP contribution in [0.25, 0.3) is 10.8 Å². The highest BCUT2D eigenvalue weighted by Crippen LogP contribution is 2.42. The van der Waals surface area contributed by atoms with Gasteiger partial charge in [0.1, 0.15) is 16.3 Å². The third-order valence-corrected chi connectivity index (χ3v) is 7.60. The molecule has 3 N–H and O–H groups in total. The van der Waals surface area contributed by atoms with E-state index in [-0.39, 0.29) is 23.1 Å². The molecule has 0 aromatic heterocycles. The fourth-order valence-corrected chi connectivity index (χ4v) is 5.40. The van der Waals surface area contributed by atoms with Crippen molar-refractivity contribution in [3.63, 3.8) is 0 Å². The van der Waals surface area contributed by atoms with E-state index in [1.54, 1.807) is 36.4 Å². The van der Waals surface area contributed by atoms with Crippen molar-refractivity contribution in [3.05, 3.63) is 125 Å². The van der Waals surface area contributed by atoms with Crippen molar-refractivity contribution in [3.8, 4) is 11.5 Å². The van der Waals surface area contributed by atoms with Crippen LogP contribution >= 0.6 is 0 Å². The zero-order chi connectivity index (χ0) is 27.7. The molecule has 196 valence electrons. The molecule has 0 amide bonds. The highest BCUT2D eigenvalue weighted by Gasteiger charge is 2.22. The third kappa shape index (κ3) is 5.25. The minimum absolute atomic E-state index is 0.106. The number of aryl methyl sites for hydroxylation is 2. The predicted molar refractivity (Wildman–Crippen MR) is 151 cm³/mol. The Hall–Kier alpha value is -4.53. The van der Waals surface area contributed by atoms with E-state index in [9.17, 15) is 23.2 Å².